The van der Waals surface area contributed by atoms with E-state index in [9.17, 15) is 16.8 Å². The van der Waals surface area contributed by atoms with Crippen LogP contribution >= 0.6 is 0 Å². The van der Waals surface area contributed by atoms with Gasteiger partial charge in [0, 0.05) is 18.6 Å². The van der Waals surface area contributed by atoms with Crippen LogP contribution in [0.25, 0.3) is 0 Å². The lowest BCUT2D eigenvalue weighted by Crippen LogP contribution is -2.46. The molecular weight excluding hydrogens is 384 g/mol. The summed E-state index contributed by atoms with van der Waals surface area (Å²) in [5.74, 6) is 0.849. The van der Waals surface area contributed by atoms with E-state index in [-0.39, 0.29) is 22.9 Å². The first-order chi connectivity index (χ1) is 12.7. The summed E-state index contributed by atoms with van der Waals surface area (Å²) in [6.45, 7) is 2.49. The van der Waals surface area contributed by atoms with E-state index in [0.717, 1.165) is 0 Å². The van der Waals surface area contributed by atoms with Gasteiger partial charge in [-0.1, -0.05) is 31.4 Å². The largest absolute Gasteiger partial charge is 0.309 e. The standard InChI is InChI=1S/C19H30N2O4S2/c1-19(11-14-26(22,23)15-19)20-12-13-21-27(24,25)18-9-7-17(8-10-18)16-5-3-2-4-6-16/h7-10,16,20-21H,2-6,11-15H2,1H3/t19-/m0/s1. The quantitative estimate of drug-likeness (QED) is 0.667. The van der Waals surface area contributed by atoms with E-state index in [1.807, 2.05) is 19.1 Å². The van der Waals surface area contributed by atoms with E-state index in [1.54, 1.807) is 12.1 Å². The Kier molecular flexibility index (Phi) is 6.30. The first-order valence-corrected chi connectivity index (χ1v) is 13.0. The maximum absolute atomic E-state index is 12.5. The minimum Gasteiger partial charge on any atom is -0.309 e. The van der Waals surface area contributed by atoms with Crippen molar-refractivity contribution >= 4 is 19.9 Å². The van der Waals surface area contributed by atoms with Gasteiger partial charge in [0.05, 0.1) is 16.4 Å². The molecule has 8 heteroatoms. The van der Waals surface area contributed by atoms with Gasteiger partial charge in [0.2, 0.25) is 10.0 Å². The van der Waals surface area contributed by atoms with E-state index in [2.05, 4.69) is 10.0 Å². The van der Waals surface area contributed by atoms with Crippen molar-refractivity contribution in [2.45, 2.75) is 61.8 Å². The number of sulfone groups is 1. The zero-order valence-electron chi connectivity index (χ0n) is 15.9. The SMILES string of the molecule is C[C@]1(NCCNS(=O)(=O)c2ccc(C3CCCCC3)cc2)CCS(=O)(=O)C1. The zero-order chi connectivity index (χ0) is 19.5. The van der Waals surface area contributed by atoms with Gasteiger partial charge in [-0.25, -0.2) is 21.6 Å². The average molecular weight is 415 g/mol. The Balaban J connectivity index is 1.51. The summed E-state index contributed by atoms with van der Waals surface area (Å²) in [5.41, 5.74) is 0.761. The Bertz CT molecular complexity index is 844. The third-order valence-electron chi connectivity index (χ3n) is 5.74. The molecule has 2 aliphatic rings. The average Bonchev–Trinajstić information content (AvgIpc) is 2.93. The van der Waals surface area contributed by atoms with Gasteiger partial charge in [0.25, 0.3) is 0 Å². The number of nitrogens with one attached hydrogen (secondary N) is 2. The molecular formula is C19H30N2O4S2. The smallest absolute Gasteiger partial charge is 0.240 e. The van der Waals surface area contributed by atoms with Gasteiger partial charge in [-0.3, -0.25) is 0 Å². The lowest BCUT2D eigenvalue weighted by molar-refractivity contribution is 0.400. The maximum atomic E-state index is 12.5. The number of rotatable bonds is 7. The fourth-order valence-corrected chi connectivity index (χ4v) is 7.29. The van der Waals surface area contributed by atoms with Crippen molar-refractivity contribution < 1.29 is 16.8 Å². The number of hydrogen-bond acceptors (Lipinski definition) is 5. The molecule has 1 atom stereocenters. The van der Waals surface area contributed by atoms with Gasteiger partial charge in [0.1, 0.15) is 0 Å². The molecule has 0 aromatic heterocycles. The van der Waals surface area contributed by atoms with Crippen molar-refractivity contribution in [1.82, 2.24) is 10.0 Å². The van der Waals surface area contributed by atoms with Crippen molar-refractivity contribution in [2.24, 2.45) is 0 Å². The minimum absolute atomic E-state index is 0.107. The molecule has 152 valence electrons. The molecule has 2 N–H and O–H groups in total. The third-order valence-corrected chi connectivity index (χ3v) is 9.12. The summed E-state index contributed by atoms with van der Waals surface area (Å²) < 4.78 is 50.8. The molecule has 0 amide bonds. The highest BCUT2D eigenvalue weighted by Gasteiger charge is 2.37. The molecule has 1 saturated heterocycles. The molecule has 1 saturated carbocycles. The van der Waals surface area contributed by atoms with Gasteiger partial charge >= 0.3 is 0 Å². The van der Waals surface area contributed by atoms with Crippen LogP contribution in [-0.4, -0.2) is 47.0 Å². The number of benzene rings is 1. The molecule has 3 rings (SSSR count). The summed E-state index contributed by atoms with van der Waals surface area (Å²) in [4.78, 5) is 0.275. The van der Waals surface area contributed by atoms with Crippen molar-refractivity contribution in [1.29, 1.82) is 0 Å². The Morgan fingerprint density at radius 3 is 2.33 bits per heavy atom. The molecule has 1 aromatic carbocycles. The van der Waals surface area contributed by atoms with Crippen LogP contribution in [0.4, 0.5) is 0 Å². The molecule has 1 aliphatic carbocycles. The summed E-state index contributed by atoms with van der Waals surface area (Å²) in [6, 6.07) is 7.25. The van der Waals surface area contributed by atoms with Crippen LogP contribution in [0.15, 0.2) is 29.2 Å². The molecule has 1 aromatic rings. The summed E-state index contributed by atoms with van der Waals surface area (Å²) >= 11 is 0. The number of sulfonamides is 1. The highest BCUT2D eigenvalue weighted by Crippen LogP contribution is 2.32. The highest BCUT2D eigenvalue weighted by molar-refractivity contribution is 7.91. The second-order valence-electron chi connectivity index (χ2n) is 8.13. The first kappa shape index (κ1) is 20.8. The Labute approximate surface area is 163 Å². The minimum atomic E-state index is -3.55. The second kappa shape index (κ2) is 8.19. The third kappa shape index (κ3) is 5.53. The lowest BCUT2D eigenvalue weighted by Gasteiger charge is -2.24. The molecule has 0 unspecified atom stereocenters. The van der Waals surface area contributed by atoms with Crippen molar-refractivity contribution in [2.75, 3.05) is 24.6 Å². The summed E-state index contributed by atoms with van der Waals surface area (Å²) in [7, 11) is -6.53. The molecule has 2 fully saturated rings. The van der Waals surface area contributed by atoms with Crippen LogP contribution < -0.4 is 10.0 Å². The summed E-state index contributed by atoms with van der Waals surface area (Å²) in [5, 5.41) is 3.18. The van der Waals surface area contributed by atoms with Crippen LogP contribution in [-0.2, 0) is 19.9 Å². The van der Waals surface area contributed by atoms with Crippen molar-refractivity contribution in [3.63, 3.8) is 0 Å². The van der Waals surface area contributed by atoms with E-state index in [0.29, 0.717) is 18.9 Å². The van der Waals surface area contributed by atoms with Gasteiger partial charge in [-0.15, -0.1) is 0 Å². The Morgan fingerprint density at radius 1 is 1.07 bits per heavy atom. The molecule has 1 aliphatic heterocycles. The van der Waals surface area contributed by atoms with E-state index in [4.69, 9.17) is 0 Å². The van der Waals surface area contributed by atoms with Gasteiger partial charge in [0.15, 0.2) is 9.84 Å². The van der Waals surface area contributed by atoms with E-state index >= 15 is 0 Å². The van der Waals surface area contributed by atoms with Gasteiger partial charge < -0.3 is 5.32 Å². The van der Waals surface area contributed by atoms with Gasteiger partial charge in [-0.2, -0.15) is 0 Å². The predicted octanol–water partition coefficient (Wildman–Crippen LogP) is 2.18. The molecule has 27 heavy (non-hydrogen) atoms. The maximum Gasteiger partial charge on any atom is 0.240 e. The normalized spacial score (nSPS) is 26.3. The number of hydrogen-bond donors (Lipinski definition) is 2. The first-order valence-electron chi connectivity index (χ1n) is 9.74. The van der Waals surface area contributed by atoms with E-state index in [1.165, 1.54) is 37.7 Å². The lowest BCUT2D eigenvalue weighted by atomic mass is 9.84. The van der Waals surface area contributed by atoms with Crippen LogP contribution in [0.5, 0.6) is 0 Å². The Hall–Kier alpha value is -0.960. The molecule has 0 radical (unpaired) electrons. The monoisotopic (exact) mass is 414 g/mol. The van der Waals surface area contributed by atoms with Gasteiger partial charge in [-0.05, 0) is 49.8 Å². The fourth-order valence-electron chi connectivity index (χ4n) is 4.14. The summed E-state index contributed by atoms with van der Waals surface area (Å²) in [6.07, 6.45) is 6.73. The topological polar surface area (TPSA) is 92.3 Å². The van der Waals surface area contributed by atoms with Crippen LogP contribution in [0.2, 0.25) is 0 Å². The molecule has 0 bridgehead atoms. The zero-order valence-corrected chi connectivity index (χ0v) is 17.5. The van der Waals surface area contributed by atoms with Crippen LogP contribution in [0.1, 0.15) is 56.9 Å². The fraction of sp³-hybridized carbons (Fsp3) is 0.684. The molecule has 0 spiro atoms. The van der Waals surface area contributed by atoms with Crippen LogP contribution in [0.3, 0.4) is 0 Å². The van der Waals surface area contributed by atoms with Crippen molar-refractivity contribution in [3.8, 4) is 0 Å². The molecule has 6 nitrogen and oxygen atoms in total. The molecule has 1 heterocycles. The van der Waals surface area contributed by atoms with Crippen LogP contribution in [0, 0.1) is 0 Å². The highest BCUT2D eigenvalue weighted by atomic mass is 32.2. The Morgan fingerprint density at radius 2 is 1.74 bits per heavy atom. The van der Waals surface area contributed by atoms with Crippen molar-refractivity contribution in [3.05, 3.63) is 29.8 Å². The predicted molar refractivity (Wildman–Crippen MR) is 107 cm³/mol. The van der Waals surface area contributed by atoms with E-state index < -0.39 is 25.4 Å². The second-order valence-corrected chi connectivity index (χ2v) is 12.1.